The zero-order valence-corrected chi connectivity index (χ0v) is 42.8. The first-order valence-electron chi connectivity index (χ1n) is 23.8. The van der Waals surface area contributed by atoms with Crippen molar-refractivity contribution in [1.29, 1.82) is 0 Å². The summed E-state index contributed by atoms with van der Waals surface area (Å²) in [4.78, 5) is 47.9. The molecule has 0 aromatic carbocycles. The molecule has 0 heterocycles. The monoisotopic (exact) mass is 933 g/mol. The van der Waals surface area contributed by atoms with E-state index in [1.807, 2.05) is 56.1 Å². The van der Waals surface area contributed by atoms with Crippen LogP contribution in [0, 0.1) is 0 Å². The van der Waals surface area contributed by atoms with Gasteiger partial charge < -0.3 is 57.0 Å². The van der Waals surface area contributed by atoms with E-state index < -0.39 is 27.9 Å². The van der Waals surface area contributed by atoms with Gasteiger partial charge in [-0.25, -0.2) is 0 Å². The Hall–Kier alpha value is -1.00. The summed E-state index contributed by atoms with van der Waals surface area (Å²) in [5.41, 5.74) is 0. The topological polar surface area (TPSA) is 194 Å². The van der Waals surface area contributed by atoms with Crippen molar-refractivity contribution in [3.8, 4) is 0 Å². The summed E-state index contributed by atoms with van der Waals surface area (Å²) in [6.45, 7) is 10.1. The Bertz CT molecular complexity index is 1090. The number of unbranched alkanes of at least 4 members (excludes halogenated alkanes) is 16. The summed E-state index contributed by atoms with van der Waals surface area (Å²) in [6.07, 6.45) is 21.6. The van der Waals surface area contributed by atoms with Crippen LogP contribution < -0.4 is 20.4 Å². The number of carbonyl (C=O) groups excluding carboxylic acids is 2. The van der Waals surface area contributed by atoms with Crippen molar-refractivity contribution in [3.05, 3.63) is 0 Å². The first kappa shape index (κ1) is 63.1. The molecule has 4 unspecified atom stereocenters. The molecule has 16 nitrogen and oxygen atoms in total. The van der Waals surface area contributed by atoms with Gasteiger partial charge >= 0.3 is 0 Å². The second-order valence-electron chi connectivity index (χ2n) is 18.1. The van der Waals surface area contributed by atoms with Crippen molar-refractivity contribution < 1.29 is 65.0 Å². The van der Waals surface area contributed by atoms with E-state index in [-0.39, 0.29) is 51.3 Å². The van der Waals surface area contributed by atoms with Crippen LogP contribution in [0.1, 0.15) is 156 Å². The molecule has 0 radical (unpaired) electrons. The van der Waals surface area contributed by atoms with Crippen LogP contribution in [0.5, 0.6) is 0 Å². The van der Waals surface area contributed by atoms with Crippen LogP contribution in [0.3, 0.4) is 0 Å². The van der Waals surface area contributed by atoms with Crippen molar-refractivity contribution >= 4 is 27.5 Å². The third-order valence-electron chi connectivity index (χ3n) is 9.73. The van der Waals surface area contributed by atoms with E-state index in [1.54, 1.807) is 0 Å². The first-order valence-corrected chi connectivity index (χ1v) is 26.7. The minimum atomic E-state index is -4.39. The number of phosphoric ester groups is 2. The molecular formula is C44H94N4O12P2. The SMILES string of the molecule is CCCCCCCCCCCC(=O)NCC(COP(=O)([O-])OCC[N+](C)(C)C)OCC.CCCCCCCCCCCC(=O)NCC(COP(=O)([O-])OCC[N+](C)(C)C)OCC. The molecule has 0 rings (SSSR count). The Morgan fingerprint density at radius 1 is 0.484 bits per heavy atom. The summed E-state index contributed by atoms with van der Waals surface area (Å²) in [5, 5.41) is 5.63. The van der Waals surface area contributed by atoms with Gasteiger partial charge in [0.25, 0.3) is 15.6 Å². The predicted molar refractivity (Wildman–Crippen MR) is 245 cm³/mol. The minimum Gasteiger partial charge on any atom is -0.756 e. The van der Waals surface area contributed by atoms with Crippen molar-refractivity contribution in [2.45, 2.75) is 168 Å². The Balaban J connectivity index is 0. The Labute approximate surface area is 378 Å². The van der Waals surface area contributed by atoms with Gasteiger partial charge in [-0.2, -0.15) is 0 Å². The average molecular weight is 933 g/mol. The maximum absolute atomic E-state index is 12.0. The van der Waals surface area contributed by atoms with E-state index in [1.165, 1.54) is 89.9 Å². The lowest BCUT2D eigenvalue weighted by Crippen LogP contribution is -2.38. The third-order valence-corrected chi connectivity index (χ3v) is 11.7. The fourth-order valence-corrected chi connectivity index (χ4v) is 7.36. The molecule has 0 saturated carbocycles. The highest BCUT2D eigenvalue weighted by Gasteiger charge is 2.19. The van der Waals surface area contributed by atoms with Crippen molar-refractivity contribution in [1.82, 2.24) is 10.6 Å². The molecule has 2 N–H and O–H groups in total. The van der Waals surface area contributed by atoms with Gasteiger partial charge in [0.2, 0.25) is 11.8 Å². The molecule has 0 fully saturated rings. The summed E-state index contributed by atoms with van der Waals surface area (Å²) in [6, 6.07) is 0. The highest BCUT2D eigenvalue weighted by molar-refractivity contribution is 7.46. The fraction of sp³-hybridized carbons (Fsp3) is 0.955. The maximum Gasteiger partial charge on any atom is 0.268 e. The molecule has 0 aromatic rings. The van der Waals surface area contributed by atoms with Gasteiger partial charge in [0, 0.05) is 39.1 Å². The van der Waals surface area contributed by atoms with Crippen LogP contribution in [-0.2, 0) is 46.3 Å². The number of quaternary nitrogens is 2. The number of rotatable bonds is 42. The van der Waals surface area contributed by atoms with E-state index in [9.17, 15) is 28.5 Å². The predicted octanol–water partition coefficient (Wildman–Crippen LogP) is 7.27. The highest BCUT2D eigenvalue weighted by Crippen LogP contribution is 2.39. The third kappa shape index (κ3) is 47.0. The van der Waals surface area contributed by atoms with Crippen molar-refractivity contribution in [2.75, 3.05) is 108 Å². The maximum atomic E-state index is 12.0. The van der Waals surface area contributed by atoms with Crippen LogP contribution in [0.2, 0.25) is 0 Å². The molecule has 2 amide bonds. The number of nitrogens with one attached hydrogen (secondary N) is 2. The number of phosphoric acid groups is 2. The van der Waals surface area contributed by atoms with Crippen LogP contribution in [0.15, 0.2) is 0 Å². The van der Waals surface area contributed by atoms with Crippen LogP contribution in [-0.4, -0.2) is 141 Å². The number of hydrogen-bond acceptors (Lipinski definition) is 12. The van der Waals surface area contributed by atoms with Gasteiger partial charge in [0.05, 0.1) is 67.7 Å². The van der Waals surface area contributed by atoms with Gasteiger partial charge in [0.15, 0.2) is 0 Å². The molecule has 4 atom stereocenters. The standard InChI is InChI=1S/2C22H47N2O6P/c2*1-6-8-9-10-11-12-13-14-15-16-22(25)23-19-21(28-7-2)20-30-31(26,27)29-18-17-24(3,4)5/h2*21H,6-20H2,1-5H3,(H-,23,25,26,27). The van der Waals surface area contributed by atoms with Gasteiger partial charge in [0.1, 0.15) is 26.3 Å². The zero-order chi connectivity index (χ0) is 47.2. The molecule has 62 heavy (non-hydrogen) atoms. The fourth-order valence-electron chi connectivity index (χ4n) is 5.90. The lowest BCUT2D eigenvalue weighted by Gasteiger charge is -2.28. The van der Waals surface area contributed by atoms with E-state index in [4.69, 9.17) is 27.6 Å². The summed E-state index contributed by atoms with van der Waals surface area (Å²) < 4.78 is 55.6. The second-order valence-corrected chi connectivity index (χ2v) is 20.9. The molecule has 18 heteroatoms. The smallest absolute Gasteiger partial charge is 0.268 e. The lowest BCUT2D eigenvalue weighted by molar-refractivity contribution is -0.870. The first-order chi connectivity index (χ1) is 29.2. The van der Waals surface area contributed by atoms with E-state index in [0.29, 0.717) is 48.1 Å². The summed E-state index contributed by atoms with van der Waals surface area (Å²) >= 11 is 0. The normalized spacial score (nSPS) is 14.9. The Kier molecular flexibility index (Phi) is 39.9. The average Bonchev–Trinajstić information content (AvgIpc) is 3.17. The molecule has 0 bridgehead atoms. The minimum absolute atomic E-state index is 0.0443. The van der Waals surface area contributed by atoms with Crippen LogP contribution >= 0.6 is 15.6 Å². The summed E-state index contributed by atoms with van der Waals surface area (Å²) in [5.74, 6) is -0.0886. The number of carbonyl (C=O) groups is 2. The quantitative estimate of drug-likeness (QED) is 0.0354. The molecule has 0 aliphatic carbocycles. The Morgan fingerprint density at radius 2 is 0.774 bits per heavy atom. The molecule has 0 aromatic heterocycles. The van der Waals surface area contributed by atoms with Gasteiger partial charge in [-0.1, -0.05) is 117 Å². The summed E-state index contributed by atoms with van der Waals surface area (Å²) in [7, 11) is 2.89. The zero-order valence-electron chi connectivity index (χ0n) is 41.1. The number of amides is 2. The Morgan fingerprint density at radius 3 is 1.05 bits per heavy atom. The molecule has 0 aliphatic heterocycles. The second kappa shape index (κ2) is 39.2. The lowest BCUT2D eigenvalue weighted by atomic mass is 10.1. The van der Waals surface area contributed by atoms with Gasteiger partial charge in [-0.15, -0.1) is 0 Å². The number of hydrogen-bond donors (Lipinski definition) is 2. The van der Waals surface area contributed by atoms with Crippen molar-refractivity contribution in [2.24, 2.45) is 0 Å². The van der Waals surface area contributed by atoms with E-state index in [2.05, 4.69) is 24.5 Å². The van der Waals surface area contributed by atoms with E-state index in [0.717, 1.165) is 25.7 Å². The van der Waals surface area contributed by atoms with Gasteiger partial charge in [-0.3, -0.25) is 18.7 Å². The largest absolute Gasteiger partial charge is 0.756 e. The van der Waals surface area contributed by atoms with Crippen LogP contribution in [0.25, 0.3) is 0 Å². The number of nitrogens with zero attached hydrogens (tertiary/aromatic N) is 2. The number of ether oxygens (including phenoxy) is 2. The van der Waals surface area contributed by atoms with Crippen molar-refractivity contribution in [3.63, 3.8) is 0 Å². The molecule has 0 aliphatic rings. The molecule has 0 saturated heterocycles. The molecular weight excluding hydrogens is 838 g/mol. The molecule has 372 valence electrons. The van der Waals surface area contributed by atoms with E-state index >= 15 is 0 Å². The van der Waals surface area contributed by atoms with Crippen LogP contribution in [0.4, 0.5) is 0 Å². The number of likely N-dealkylation sites (N-methyl/N-ethyl adjacent to an activating group) is 2. The van der Waals surface area contributed by atoms with Gasteiger partial charge in [-0.05, 0) is 26.7 Å². The highest BCUT2D eigenvalue weighted by atomic mass is 31.2. The molecule has 0 spiro atoms.